The van der Waals surface area contributed by atoms with Crippen molar-refractivity contribution in [2.45, 2.75) is 37.1 Å². The Hall–Kier alpha value is -1.34. The van der Waals surface area contributed by atoms with Crippen molar-refractivity contribution in [3.8, 4) is 0 Å². The van der Waals surface area contributed by atoms with E-state index in [4.69, 9.17) is 0 Å². The average Bonchev–Trinajstić information content (AvgIpc) is 2.60. The number of nitrogens with zero attached hydrogens (tertiary/aromatic N) is 2. The second kappa shape index (κ2) is 5.21. The van der Waals surface area contributed by atoms with Crippen LogP contribution in [0.2, 0.25) is 0 Å². The van der Waals surface area contributed by atoms with Crippen molar-refractivity contribution >= 4 is 34.0 Å². The summed E-state index contributed by atoms with van der Waals surface area (Å²) in [5.74, 6) is -1.20. The van der Waals surface area contributed by atoms with Crippen LogP contribution >= 0.6 is 23.1 Å². The Kier molecular flexibility index (Phi) is 3.55. The number of rotatable bonds is 2. The van der Waals surface area contributed by atoms with Gasteiger partial charge in [-0.1, -0.05) is 6.42 Å². The van der Waals surface area contributed by atoms with Crippen LogP contribution in [0.1, 0.15) is 40.2 Å². The van der Waals surface area contributed by atoms with Crippen LogP contribution < -0.4 is 5.56 Å². The second-order valence-corrected chi connectivity index (χ2v) is 6.61. The largest absolute Gasteiger partial charge is 0.477 e. The zero-order valence-electron chi connectivity index (χ0n) is 11.0. The fraction of sp³-hybridized carbons (Fsp3) is 0.462. The molecule has 0 aromatic carbocycles. The van der Waals surface area contributed by atoms with Crippen molar-refractivity contribution in [1.82, 2.24) is 9.38 Å². The van der Waals surface area contributed by atoms with Gasteiger partial charge < -0.3 is 5.11 Å². The summed E-state index contributed by atoms with van der Waals surface area (Å²) >= 11 is 2.73. The summed E-state index contributed by atoms with van der Waals surface area (Å²) in [4.78, 5) is 30.0. The van der Waals surface area contributed by atoms with Crippen LogP contribution in [0.5, 0.6) is 0 Å². The van der Waals surface area contributed by atoms with Gasteiger partial charge in [-0.3, -0.25) is 9.20 Å². The lowest BCUT2D eigenvalue weighted by Gasteiger charge is -2.05. The molecular formula is C13H14N2O3S2. The van der Waals surface area contributed by atoms with Crippen molar-refractivity contribution in [3.63, 3.8) is 0 Å². The number of aromatic carboxylic acids is 1. The predicted octanol–water partition coefficient (Wildman–Crippen LogP) is 2.45. The van der Waals surface area contributed by atoms with E-state index in [2.05, 4.69) is 4.98 Å². The van der Waals surface area contributed by atoms with E-state index in [0.29, 0.717) is 9.99 Å². The summed E-state index contributed by atoms with van der Waals surface area (Å²) in [5, 5.41) is 9.58. The molecule has 2 heterocycles. The molecule has 0 spiro atoms. The third-order valence-corrected chi connectivity index (χ3v) is 5.37. The van der Waals surface area contributed by atoms with Crippen molar-refractivity contribution in [2.24, 2.45) is 0 Å². The monoisotopic (exact) mass is 310 g/mol. The molecule has 1 aliphatic carbocycles. The zero-order valence-corrected chi connectivity index (χ0v) is 12.6. The van der Waals surface area contributed by atoms with E-state index >= 15 is 0 Å². The summed E-state index contributed by atoms with van der Waals surface area (Å²) in [6.07, 6.45) is 6.84. The predicted molar refractivity (Wildman–Crippen MR) is 79.3 cm³/mol. The highest BCUT2D eigenvalue weighted by atomic mass is 32.2. The molecular weight excluding hydrogens is 296 g/mol. The molecule has 3 rings (SSSR count). The van der Waals surface area contributed by atoms with Gasteiger partial charge in [0.05, 0.1) is 0 Å². The van der Waals surface area contributed by atoms with Crippen LogP contribution in [-0.2, 0) is 12.8 Å². The summed E-state index contributed by atoms with van der Waals surface area (Å²) < 4.78 is 1.52. The van der Waals surface area contributed by atoms with Crippen molar-refractivity contribution in [1.29, 1.82) is 0 Å². The summed E-state index contributed by atoms with van der Waals surface area (Å²) in [6, 6.07) is 0. The summed E-state index contributed by atoms with van der Waals surface area (Å²) in [7, 11) is 0. The molecule has 2 aromatic heterocycles. The molecule has 1 aliphatic rings. The van der Waals surface area contributed by atoms with Crippen LogP contribution in [0.15, 0.2) is 9.82 Å². The molecule has 0 aliphatic heterocycles. The molecule has 0 atom stereocenters. The average molecular weight is 310 g/mol. The number of aromatic nitrogens is 2. The number of thiazole rings is 1. The molecule has 5 nitrogen and oxygen atoms in total. The number of thioether (sulfide) groups is 1. The third kappa shape index (κ3) is 2.05. The van der Waals surface area contributed by atoms with Gasteiger partial charge in [-0.2, -0.15) is 0 Å². The van der Waals surface area contributed by atoms with Crippen molar-refractivity contribution in [3.05, 3.63) is 26.5 Å². The van der Waals surface area contributed by atoms with Crippen LogP contribution in [0.4, 0.5) is 0 Å². The van der Waals surface area contributed by atoms with Crippen molar-refractivity contribution < 1.29 is 9.90 Å². The fourth-order valence-electron chi connectivity index (χ4n) is 2.62. The van der Waals surface area contributed by atoms with Gasteiger partial charge in [0.1, 0.15) is 5.03 Å². The summed E-state index contributed by atoms with van der Waals surface area (Å²) in [6.45, 7) is 0. The quantitative estimate of drug-likeness (QED) is 0.524. The molecule has 106 valence electrons. The minimum Gasteiger partial charge on any atom is -0.477 e. The van der Waals surface area contributed by atoms with Gasteiger partial charge in [0.15, 0.2) is 10.5 Å². The highest BCUT2D eigenvalue weighted by molar-refractivity contribution is 7.98. The number of fused-ring (bicyclic) bond motifs is 3. The van der Waals surface area contributed by atoms with Crippen molar-refractivity contribution in [2.75, 3.05) is 6.26 Å². The van der Waals surface area contributed by atoms with Crippen LogP contribution in [0.3, 0.4) is 0 Å². The Bertz CT molecular complexity index is 748. The lowest BCUT2D eigenvalue weighted by Crippen LogP contribution is -2.25. The molecule has 0 saturated carbocycles. The molecule has 7 heteroatoms. The Morgan fingerprint density at radius 3 is 2.80 bits per heavy atom. The maximum Gasteiger partial charge on any atom is 0.344 e. The molecule has 0 unspecified atom stereocenters. The van der Waals surface area contributed by atoms with E-state index in [1.807, 2.05) is 0 Å². The van der Waals surface area contributed by atoms with E-state index in [1.54, 1.807) is 6.26 Å². The number of carboxylic acid groups (broad SMARTS) is 1. The first kappa shape index (κ1) is 13.6. The maximum atomic E-state index is 12.5. The van der Waals surface area contributed by atoms with E-state index < -0.39 is 11.5 Å². The van der Waals surface area contributed by atoms with Gasteiger partial charge >= 0.3 is 5.97 Å². The number of carboxylic acids is 1. The Morgan fingerprint density at radius 1 is 1.35 bits per heavy atom. The highest BCUT2D eigenvalue weighted by Gasteiger charge is 2.23. The second-order valence-electron chi connectivity index (χ2n) is 4.76. The fourth-order valence-corrected chi connectivity index (χ4v) is 4.43. The van der Waals surface area contributed by atoms with Gasteiger partial charge in [0.25, 0.3) is 5.56 Å². The number of aryl methyl sites for hydroxylation is 2. The Balaban J connectivity index is 2.37. The molecule has 0 fully saturated rings. The summed E-state index contributed by atoms with van der Waals surface area (Å²) in [5.41, 5.74) is 0.321. The Morgan fingerprint density at radius 2 is 2.10 bits per heavy atom. The van der Waals surface area contributed by atoms with Gasteiger partial charge in [0, 0.05) is 10.6 Å². The van der Waals surface area contributed by atoms with Crippen LogP contribution in [-0.4, -0.2) is 26.7 Å². The molecule has 0 bridgehead atoms. The molecule has 0 amide bonds. The van der Waals surface area contributed by atoms with E-state index in [9.17, 15) is 14.7 Å². The van der Waals surface area contributed by atoms with Gasteiger partial charge in [-0.05, 0) is 31.9 Å². The molecule has 2 aromatic rings. The number of carbonyl (C=O) groups is 1. The normalized spacial score (nSPS) is 15.1. The van der Waals surface area contributed by atoms with E-state index in [1.165, 1.54) is 32.4 Å². The molecule has 0 radical (unpaired) electrons. The maximum absolute atomic E-state index is 12.5. The zero-order chi connectivity index (χ0) is 14.3. The first-order valence-electron chi connectivity index (χ1n) is 6.48. The topological polar surface area (TPSA) is 71.7 Å². The van der Waals surface area contributed by atoms with E-state index in [-0.39, 0.29) is 5.56 Å². The first-order chi connectivity index (χ1) is 9.63. The first-order valence-corrected chi connectivity index (χ1v) is 8.52. The number of hydrogen-bond donors (Lipinski definition) is 1. The van der Waals surface area contributed by atoms with Gasteiger partial charge in [0.2, 0.25) is 0 Å². The lowest BCUT2D eigenvalue weighted by molar-refractivity contribution is 0.0690. The van der Waals surface area contributed by atoms with Crippen LogP contribution in [0.25, 0.3) is 4.96 Å². The third-order valence-electron chi connectivity index (χ3n) is 3.55. The smallest absolute Gasteiger partial charge is 0.344 e. The highest BCUT2D eigenvalue weighted by Crippen LogP contribution is 2.29. The SMILES string of the molecule is CSc1nc2sc3c(n2c(=O)c1C(=O)O)CCCCC3. The molecule has 1 N–H and O–H groups in total. The lowest BCUT2D eigenvalue weighted by atomic mass is 10.2. The minimum atomic E-state index is -1.20. The standard InChI is InChI=1S/C13H14N2O3S2/c1-19-10-9(12(17)18)11(16)15-7-5-3-2-4-6-8(7)20-13(15)14-10/h2-6H2,1H3,(H,17,18). The minimum absolute atomic E-state index is 0.208. The van der Waals surface area contributed by atoms with Gasteiger partial charge in [-0.15, -0.1) is 23.1 Å². The number of hydrogen-bond acceptors (Lipinski definition) is 5. The van der Waals surface area contributed by atoms with Gasteiger partial charge in [-0.25, -0.2) is 9.78 Å². The Labute approximate surface area is 123 Å². The van der Waals surface area contributed by atoms with Crippen LogP contribution in [0, 0.1) is 0 Å². The van der Waals surface area contributed by atoms with E-state index in [0.717, 1.165) is 37.8 Å². The molecule has 20 heavy (non-hydrogen) atoms. The molecule has 0 saturated heterocycles.